The molecule has 3 aliphatic rings. The lowest BCUT2D eigenvalue weighted by Gasteiger charge is -2.35. The van der Waals surface area contributed by atoms with E-state index in [0.717, 1.165) is 6.42 Å². The molecule has 0 aromatic carbocycles. The van der Waals surface area contributed by atoms with Gasteiger partial charge in [0, 0.05) is 20.1 Å². The Balaban J connectivity index is 1.78. The molecule has 2 amide bonds. The number of carboxylic acids is 1. The number of fused-ring (bicyclic) bond motifs is 2. The summed E-state index contributed by atoms with van der Waals surface area (Å²) in [6.07, 6.45) is 4.63. The summed E-state index contributed by atoms with van der Waals surface area (Å²) in [5.41, 5.74) is 0. The summed E-state index contributed by atoms with van der Waals surface area (Å²) in [4.78, 5) is 38.9. The Hall–Kier alpha value is -1.85. The van der Waals surface area contributed by atoms with Crippen LogP contribution >= 0.6 is 0 Å². The Labute approximate surface area is 117 Å². The largest absolute Gasteiger partial charge is 0.481 e. The molecule has 1 N–H and O–H groups in total. The molecule has 2 fully saturated rings. The average molecular weight is 278 g/mol. The number of hydrogen-bond acceptors (Lipinski definition) is 3. The molecule has 0 spiro atoms. The molecule has 108 valence electrons. The van der Waals surface area contributed by atoms with E-state index in [9.17, 15) is 19.5 Å². The van der Waals surface area contributed by atoms with Gasteiger partial charge in [-0.2, -0.15) is 0 Å². The summed E-state index contributed by atoms with van der Waals surface area (Å²) < 4.78 is 0. The maximum atomic E-state index is 12.6. The molecule has 2 bridgehead atoms. The number of rotatable bonds is 2. The molecule has 0 radical (unpaired) electrons. The molecular weight excluding hydrogens is 260 g/mol. The Kier molecular flexibility index (Phi) is 3.03. The zero-order valence-corrected chi connectivity index (χ0v) is 11.4. The predicted molar refractivity (Wildman–Crippen MR) is 69.6 cm³/mol. The van der Waals surface area contributed by atoms with Gasteiger partial charge in [0.1, 0.15) is 0 Å². The minimum Gasteiger partial charge on any atom is -0.481 e. The smallest absolute Gasteiger partial charge is 0.307 e. The number of aliphatic carboxylic acids is 1. The fraction of sp³-hybridized carbons (Fsp3) is 0.643. The Morgan fingerprint density at radius 1 is 1.20 bits per heavy atom. The summed E-state index contributed by atoms with van der Waals surface area (Å²) >= 11 is 0. The van der Waals surface area contributed by atoms with Gasteiger partial charge < -0.3 is 14.9 Å². The van der Waals surface area contributed by atoms with Crippen molar-refractivity contribution < 1.29 is 19.5 Å². The normalized spacial score (nSPS) is 35.8. The van der Waals surface area contributed by atoms with Crippen LogP contribution in [0.3, 0.4) is 0 Å². The van der Waals surface area contributed by atoms with Crippen LogP contribution in [0.25, 0.3) is 0 Å². The van der Waals surface area contributed by atoms with Gasteiger partial charge in [-0.3, -0.25) is 14.4 Å². The van der Waals surface area contributed by atoms with Crippen LogP contribution in [-0.4, -0.2) is 59.4 Å². The summed E-state index contributed by atoms with van der Waals surface area (Å²) in [6, 6.07) is 0. The first-order valence-corrected chi connectivity index (χ1v) is 6.93. The van der Waals surface area contributed by atoms with E-state index in [1.807, 2.05) is 12.2 Å². The van der Waals surface area contributed by atoms with Gasteiger partial charge in [0.15, 0.2) is 0 Å². The molecule has 6 nitrogen and oxygen atoms in total. The Morgan fingerprint density at radius 2 is 1.85 bits per heavy atom. The summed E-state index contributed by atoms with van der Waals surface area (Å²) in [7, 11) is 1.71. The van der Waals surface area contributed by atoms with Gasteiger partial charge in [-0.25, -0.2) is 0 Å². The highest BCUT2D eigenvalue weighted by atomic mass is 16.4. The molecule has 1 aliphatic heterocycles. The minimum atomic E-state index is -0.902. The number of carbonyl (C=O) groups is 3. The molecule has 0 aromatic heterocycles. The zero-order valence-electron chi connectivity index (χ0n) is 11.4. The molecule has 4 atom stereocenters. The van der Waals surface area contributed by atoms with Gasteiger partial charge in [0.2, 0.25) is 11.8 Å². The summed E-state index contributed by atoms with van der Waals surface area (Å²) in [5.74, 6) is -2.31. The van der Waals surface area contributed by atoms with Gasteiger partial charge in [-0.1, -0.05) is 12.2 Å². The molecule has 1 heterocycles. The Bertz CT molecular complexity index is 501. The van der Waals surface area contributed by atoms with Crippen LogP contribution in [0.15, 0.2) is 12.2 Å². The zero-order chi connectivity index (χ0) is 14.4. The van der Waals surface area contributed by atoms with Gasteiger partial charge in [-0.15, -0.1) is 0 Å². The first-order valence-electron chi connectivity index (χ1n) is 6.93. The van der Waals surface area contributed by atoms with Gasteiger partial charge in [0.05, 0.1) is 18.4 Å². The summed E-state index contributed by atoms with van der Waals surface area (Å²) in [6.45, 7) is 1.07. The number of nitrogens with zero attached hydrogens (tertiary/aromatic N) is 2. The molecule has 2 aliphatic carbocycles. The number of carbonyl (C=O) groups excluding carboxylic acids is 2. The number of likely N-dealkylation sites (N-methyl/N-ethyl adjacent to an activating group) is 1. The average Bonchev–Trinajstić information content (AvgIpc) is 3.01. The lowest BCUT2D eigenvalue weighted by atomic mass is 9.82. The van der Waals surface area contributed by atoms with E-state index in [1.54, 1.807) is 11.9 Å². The highest BCUT2D eigenvalue weighted by molar-refractivity contribution is 5.90. The molecule has 4 unspecified atom stereocenters. The first-order chi connectivity index (χ1) is 9.49. The maximum absolute atomic E-state index is 12.6. The van der Waals surface area contributed by atoms with Crippen molar-refractivity contribution in [3.63, 3.8) is 0 Å². The van der Waals surface area contributed by atoms with Crippen molar-refractivity contribution in [1.29, 1.82) is 0 Å². The van der Waals surface area contributed by atoms with Crippen LogP contribution in [0, 0.1) is 23.7 Å². The molecule has 0 aromatic rings. The molecule has 1 saturated heterocycles. The fourth-order valence-electron chi connectivity index (χ4n) is 3.65. The third-order valence-electron chi connectivity index (χ3n) is 4.80. The van der Waals surface area contributed by atoms with Crippen molar-refractivity contribution in [3.8, 4) is 0 Å². The van der Waals surface area contributed by atoms with Crippen LogP contribution in [0.2, 0.25) is 0 Å². The third-order valence-corrected chi connectivity index (χ3v) is 4.80. The molecular formula is C14H18N2O4. The van der Waals surface area contributed by atoms with Crippen molar-refractivity contribution in [1.82, 2.24) is 9.80 Å². The number of hydrogen-bond donors (Lipinski definition) is 1. The van der Waals surface area contributed by atoms with Crippen LogP contribution in [0.5, 0.6) is 0 Å². The van der Waals surface area contributed by atoms with Crippen LogP contribution in [0.1, 0.15) is 6.42 Å². The van der Waals surface area contributed by atoms with Crippen molar-refractivity contribution >= 4 is 17.8 Å². The van der Waals surface area contributed by atoms with Crippen molar-refractivity contribution in [2.24, 2.45) is 23.7 Å². The van der Waals surface area contributed by atoms with Crippen molar-refractivity contribution in [3.05, 3.63) is 12.2 Å². The number of amides is 2. The van der Waals surface area contributed by atoms with Crippen LogP contribution in [0.4, 0.5) is 0 Å². The lowest BCUT2D eigenvalue weighted by Crippen LogP contribution is -2.53. The monoisotopic (exact) mass is 278 g/mol. The minimum absolute atomic E-state index is 0.0170. The quantitative estimate of drug-likeness (QED) is 0.710. The van der Waals surface area contributed by atoms with Crippen LogP contribution in [-0.2, 0) is 14.4 Å². The molecule has 3 rings (SSSR count). The van der Waals surface area contributed by atoms with E-state index in [1.165, 1.54) is 4.90 Å². The van der Waals surface area contributed by atoms with E-state index >= 15 is 0 Å². The van der Waals surface area contributed by atoms with Crippen molar-refractivity contribution in [2.45, 2.75) is 6.42 Å². The standard InChI is InChI=1S/C14H18N2O4/c1-15-4-5-16(7-10(15)17)13(18)11-8-2-3-9(6-8)12(11)14(19)20/h2-3,8-9,11-12H,4-7H2,1H3,(H,19,20). The van der Waals surface area contributed by atoms with Gasteiger partial charge >= 0.3 is 5.97 Å². The van der Waals surface area contributed by atoms with Gasteiger partial charge in [0.25, 0.3) is 0 Å². The fourth-order valence-corrected chi connectivity index (χ4v) is 3.65. The third kappa shape index (κ3) is 1.90. The molecule has 1 saturated carbocycles. The second kappa shape index (κ2) is 4.61. The number of allylic oxidation sites excluding steroid dienone is 2. The molecule has 20 heavy (non-hydrogen) atoms. The predicted octanol–water partition coefficient (Wildman–Crippen LogP) is -0.190. The number of carboxylic acid groups (broad SMARTS) is 1. The first kappa shape index (κ1) is 13.1. The molecule has 6 heteroatoms. The second-order valence-electron chi connectivity index (χ2n) is 5.91. The van der Waals surface area contributed by atoms with Gasteiger partial charge in [-0.05, 0) is 18.3 Å². The van der Waals surface area contributed by atoms with E-state index < -0.39 is 17.8 Å². The Morgan fingerprint density at radius 3 is 2.45 bits per heavy atom. The van der Waals surface area contributed by atoms with Crippen LogP contribution < -0.4 is 0 Å². The number of piperazine rings is 1. The topological polar surface area (TPSA) is 77.9 Å². The highest BCUT2D eigenvalue weighted by Gasteiger charge is 2.52. The van der Waals surface area contributed by atoms with E-state index in [2.05, 4.69) is 0 Å². The second-order valence-corrected chi connectivity index (χ2v) is 5.91. The van der Waals surface area contributed by atoms with E-state index in [-0.39, 0.29) is 30.2 Å². The van der Waals surface area contributed by atoms with E-state index in [4.69, 9.17) is 0 Å². The summed E-state index contributed by atoms with van der Waals surface area (Å²) in [5, 5.41) is 9.37. The van der Waals surface area contributed by atoms with E-state index in [0.29, 0.717) is 13.1 Å². The maximum Gasteiger partial charge on any atom is 0.307 e. The lowest BCUT2D eigenvalue weighted by molar-refractivity contribution is -0.154. The van der Waals surface area contributed by atoms with Crippen molar-refractivity contribution in [2.75, 3.05) is 26.7 Å². The SMILES string of the molecule is CN1CCN(C(=O)C2C3C=CC(C3)C2C(=O)O)CC1=O. The highest BCUT2D eigenvalue weighted by Crippen LogP contribution is 2.48.